The molecule has 156 valence electrons. The summed E-state index contributed by atoms with van der Waals surface area (Å²) in [4.78, 5) is 26.7. The zero-order chi connectivity index (χ0) is 21.6. The fourth-order valence-electron chi connectivity index (χ4n) is 3.09. The molecule has 1 N–H and O–H groups in total. The van der Waals surface area contributed by atoms with Crippen molar-refractivity contribution in [2.24, 2.45) is 7.05 Å². The van der Waals surface area contributed by atoms with Gasteiger partial charge in [-0.25, -0.2) is 9.78 Å². The number of ether oxygens (including phenoxy) is 1. The molecule has 3 heterocycles. The smallest absolute Gasteiger partial charge is 0.434 e. The van der Waals surface area contributed by atoms with Crippen molar-refractivity contribution < 1.29 is 17.9 Å². The van der Waals surface area contributed by atoms with Gasteiger partial charge in [0.05, 0.1) is 13.7 Å². The van der Waals surface area contributed by atoms with Crippen molar-refractivity contribution in [3.05, 3.63) is 57.5 Å². The van der Waals surface area contributed by atoms with Gasteiger partial charge in [0.15, 0.2) is 11.3 Å². The maximum absolute atomic E-state index is 12.9. The highest BCUT2D eigenvalue weighted by atomic mass is 35.5. The maximum Gasteiger partial charge on any atom is 0.434 e. The molecule has 0 aliphatic rings. The summed E-state index contributed by atoms with van der Waals surface area (Å²) in [6, 6.07) is 6.67. The molecular weight excluding hydrogens is 425 g/mol. The van der Waals surface area contributed by atoms with Crippen molar-refractivity contribution in [1.29, 1.82) is 0 Å². The van der Waals surface area contributed by atoms with Crippen LogP contribution in [0.3, 0.4) is 0 Å². The van der Waals surface area contributed by atoms with Gasteiger partial charge in [-0.1, -0.05) is 24.3 Å². The average molecular weight is 439 g/mol. The lowest BCUT2D eigenvalue weighted by molar-refractivity contribution is -0.140. The number of nitrogens with one attached hydrogen (secondary N) is 1. The second kappa shape index (κ2) is 7.17. The minimum absolute atomic E-state index is 0.0716. The molecule has 12 heteroatoms. The van der Waals surface area contributed by atoms with Gasteiger partial charge in [-0.15, -0.1) is 0 Å². The Kier molecular flexibility index (Phi) is 4.77. The summed E-state index contributed by atoms with van der Waals surface area (Å²) < 4.78 is 46.4. The van der Waals surface area contributed by atoms with E-state index in [1.165, 1.54) is 23.3 Å². The zero-order valence-corrected chi connectivity index (χ0v) is 16.4. The van der Waals surface area contributed by atoms with E-state index in [1.54, 1.807) is 24.3 Å². The second-order valence-corrected chi connectivity index (χ2v) is 6.81. The van der Waals surface area contributed by atoms with Crippen LogP contribution in [0.15, 0.2) is 35.3 Å². The summed E-state index contributed by atoms with van der Waals surface area (Å²) in [6.07, 6.45) is -3.58. The molecule has 8 nitrogen and oxygen atoms in total. The molecule has 0 saturated heterocycles. The lowest BCUT2D eigenvalue weighted by Crippen LogP contribution is -2.17. The van der Waals surface area contributed by atoms with Gasteiger partial charge in [0.25, 0.3) is 0 Å². The number of aromatic amines is 1. The van der Waals surface area contributed by atoms with Crippen molar-refractivity contribution in [3.63, 3.8) is 0 Å². The Bertz CT molecular complexity index is 1290. The fraction of sp³-hybridized carbons (Fsp3) is 0.222. The number of aryl methyl sites for hydroxylation is 1. The average Bonchev–Trinajstić information content (AvgIpc) is 3.22. The van der Waals surface area contributed by atoms with E-state index in [2.05, 4.69) is 19.9 Å². The van der Waals surface area contributed by atoms with Gasteiger partial charge < -0.3 is 9.30 Å². The maximum atomic E-state index is 12.9. The van der Waals surface area contributed by atoms with E-state index in [0.717, 1.165) is 11.8 Å². The van der Waals surface area contributed by atoms with E-state index in [4.69, 9.17) is 16.3 Å². The Morgan fingerprint density at radius 3 is 2.47 bits per heavy atom. The number of alkyl halides is 3. The van der Waals surface area contributed by atoms with Crippen LogP contribution in [-0.2, 0) is 19.8 Å². The number of rotatable bonds is 4. The molecule has 0 unspecified atom stereocenters. The van der Waals surface area contributed by atoms with E-state index in [1.807, 2.05) is 0 Å². The van der Waals surface area contributed by atoms with Crippen molar-refractivity contribution >= 4 is 22.8 Å². The van der Waals surface area contributed by atoms with E-state index >= 15 is 0 Å². The quantitative estimate of drug-likeness (QED) is 0.494. The Morgan fingerprint density at radius 2 is 1.87 bits per heavy atom. The summed E-state index contributed by atoms with van der Waals surface area (Å²) in [5, 5.41) is -0.0716. The molecule has 0 saturated carbocycles. The number of nitrogens with zero attached hydrogens (tertiary/aromatic N) is 5. The Labute approximate surface area is 171 Å². The van der Waals surface area contributed by atoms with Crippen molar-refractivity contribution in [3.8, 4) is 17.3 Å². The number of halogens is 4. The molecule has 0 amide bonds. The first-order chi connectivity index (χ1) is 14.2. The number of imidazole rings is 2. The molecule has 4 aromatic rings. The number of H-pyrrole nitrogens is 1. The van der Waals surface area contributed by atoms with Gasteiger partial charge >= 0.3 is 11.9 Å². The topological polar surface area (TPSA) is 90.6 Å². The Balaban J connectivity index is 1.67. The van der Waals surface area contributed by atoms with Crippen LogP contribution in [0.5, 0.6) is 5.88 Å². The number of fused-ring (bicyclic) bond motifs is 1. The number of methoxy groups -OCH3 is 1. The summed E-state index contributed by atoms with van der Waals surface area (Å²) >= 11 is 5.90. The first-order valence-electron chi connectivity index (χ1n) is 8.57. The largest absolute Gasteiger partial charge is 0.479 e. The zero-order valence-electron chi connectivity index (χ0n) is 15.7. The molecule has 0 aliphatic heterocycles. The van der Waals surface area contributed by atoms with Gasteiger partial charge in [0.1, 0.15) is 11.3 Å². The molecule has 1 aromatic carbocycles. The predicted octanol–water partition coefficient (Wildman–Crippen LogP) is 3.25. The fourth-order valence-corrected chi connectivity index (χ4v) is 3.24. The molecule has 0 aliphatic carbocycles. The first-order valence-corrected chi connectivity index (χ1v) is 8.95. The van der Waals surface area contributed by atoms with E-state index in [0.29, 0.717) is 11.1 Å². The molecule has 0 atom stereocenters. The van der Waals surface area contributed by atoms with Crippen molar-refractivity contribution in [2.45, 2.75) is 12.7 Å². The summed E-state index contributed by atoms with van der Waals surface area (Å²) in [7, 11) is 2.89. The Hall–Kier alpha value is -3.34. The highest BCUT2D eigenvalue weighted by Gasteiger charge is 2.34. The van der Waals surface area contributed by atoms with Crippen LogP contribution in [-0.4, -0.2) is 36.2 Å². The Morgan fingerprint density at radius 1 is 1.17 bits per heavy atom. The van der Waals surface area contributed by atoms with Crippen LogP contribution in [0.25, 0.3) is 22.6 Å². The minimum atomic E-state index is -4.52. The number of hydrogen-bond donors (Lipinski definition) is 1. The third kappa shape index (κ3) is 3.52. The van der Waals surface area contributed by atoms with Crippen LogP contribution in [0.2, 0.25) is 5.28 Å². The summed E-state index contributed by atoms with van der Waals surface area (Å²) in [6.45, 7) is 0.157. The van der Waals surface area contributed by atoms with E-state index in [-0.39, 0.29) is 29.2 Å². The van der Waals surface area contributed by atoms with E-state index < -0.39 is 17.6 Å². The van der Waals surface area contributed by atoms with Crippen molar-refractivity contribution in [1.82, 2.24) is 29.1 Å². The van der Waals surface area contributed by atoms with Crippen LogP contribution >= 0.6 is 11.6 Å². The lowest BCUT2D eigenvalue weighted by atomic mass is 10.1. The van der Waals surface area contributed by atoms with Crippen molar-refractivity contribution in [2.75, 3.05) is 7.11 Å². The second-order valence-electron chi connectivity index (χ2n) is 6.47. The highest BCUT2D eigenvalue weighted by Crippen LogP contribution is 2.30. The predicted molar refractivity (Wildman–Crippen MR) is 102 cm³/mol. The molecule has 4 rings (SSSR count). The minimum Gasteiger partial charge on any atom is -0.479 e. The highest BCUT2D eigenvalue weighted by molar-refractivity contribution is 6.28. The molecule has 0 radical (unpaired) electrons. The van der Waals surface area contributed by atoms with E-state index in [9.17, 15) is 18.0 Å². The third-order valence-electron chi connectivity index (χ3n) is 4.48. The standard InChI is InChI=1S/C18H14ClF3N6O2/c1-27-8-11(18(20,21)22)23-13(27)10-5-3-9(4-6-10)7-28-14-12(24-17(28)29)15(30-2)26-16(19)25-14/h3-6,8H,7H2,1-2H3,(H,24,29). The molecule has 0 spiro atoms. The van der Waals surface area contributed by atoms with Crippen LogP contribution in [0.1, 0.15) is 11.3 Å². The normalized spacial score (nSPS) is 11.9. The van der Waals surface area contributed by atoms with Crippen LogP contribution in [0.4, 0.5) is 13.2 Å². The van der Waals surface area contributed by atoms with Gasteiger partial charge in [-0.3, -0.25) is 9.55 Å². The van der Waals surface area contributed by atoms with Gasteiger partial charge in [-0.05, 0) is 17.2 Å². The summed E-state index contributed by atoms with van der Waals surface area (Å²) in [5.74, 6) is 0.328. The molecule has 30 heavy (non-hydrogen) atoms. The van der Waals surface area contributed by atoms with Crippen LogP contribution in [0, 0.1) is 0 Å². The molecule has 3 aromatic heterocycles. The number of hydrogen-bond acceptors (Lipinski definition) is 5. The summed E-state index contributed by atoms with van der Waals surface area (Å²) in [5.41, 5.74) is 0.439. The number of aromatic nitrogens is 6. The van der Waals surface area contributed by atoms with Gasteiger partial charge in [0.2, 0.25) is 11.2 Å². The number of benzene rings is 1. The molecule has 0 bridgehead atoms. The molecule has 0 fully saturated rings. The monoisotopic (exact) mass is 438 g/mol. The SMILES string of the molecule is COc1nc(Cl)nc2c1[nH]c(=O)n2Cc1ccc(-c2nc(C(F)(F)F)cn2C)cc1. The van der Waals surface area contributed by atoms with Gasteiger partial charge in [0, 0.05) is 18.8 Å². The third-order valence-corrected chi connectivity index (χ3v) is 4.64. The van der Waals surface area contributed by atoms with Gasteiger partial charge in [-0.2, -0.15) is 23.1 Å². The molecular formula is C18H14ClF3N6O2. The van der Waals surface area contributed by atoms with Crippen LogP contribution < -0.4 is 10.4 Å². The first kappa shape index (κ1) is 20.0. The lowest BCUT2D eigenvalue weighted by Gasteiger charge is -2.06.